The number of thioether (sulfide) groups is 1. The Kier molecular flexibility index (Phi) is 6.28. The van der Waals surface area contributed by atoms with E-state index in [4.69, 9.17) is 0 Å². The van der Waals surface area contributed by atoms with Gasteiger partial charge in [-0.2, -0.15) is 0 Å². The number of carbonyl (C=O) groups is 2. The van der Waals surface area contributed by atoms with Crippen molar-refractivity contribution < 1.29 is 14.3 Å². The molecule has 0 atom stereocenters. The summed E-state index contributed by atoms with van der Waals surface area (Å²) in [5.41, 5.74) is 2.89. The Morgan fingerprint density at radius 2 is 1.56 bits per heavy atom. The number of anilines is 1. The van der Waals surface area contributed by atoms with E-state index in [2.05, 4.69) is 22.2 Å². The molecule has 0 saturated heterocycles. The van der Waals surface area contributed by atoms with Crippen LogP contribution in [0.1, 0.15) is 26.3 Å². The SMILES string of the molecule is COC(=O)c1ccc(NC(=O)c2ccccc2SCc2ccccc2)cc1. The predicted octanol–water partition coefficient (Wildman–Crippen LogP) is 5.02. The van der Waals surface area contributed by atoms with E-state index in [1.54, 1.807) is 36.0 Å². The first-order chi connectivity index (χ1) is 13.2. The second kappa shape index (κ2) is 9.05. The maximum absolute atomic E-state index is 12.7. The fourth-order valence-electron chi connectivity index (χ4n) is 2.52. The Balaban J connectivity index is 1.70. The average Bonchev–Trinajstić information content (AvgIpc) is 2.73. The molecule has 0 aliphatic rings. The van der Waals surface area contributed by atoms with Crippen molar-refractivity contribution in [3.8, 4) is 0 Å². The van der Waals surface area contributed by atoms with Gasteiger partial charge in [-0.3, -0.25) is 4.79 Å². The highest BCUT2D eigenvalue weighted by atomic mass is 32.2. The molecule has 27 heavy (non-hydrogen) atoms. The number of carbonyl (C=O) groups excluding carboxylic acids is 2. The minimum absolute atomic E-state index is 0.183. The van der Waals surface area contributed by atoms with E-state index in [0.717, 1.165) is 10.6 Å². The van der Waals surface area contributed by atoms with Gasteiger partial charge in [0.1, 0.15) is 0 Å². The number of esters is 1. The largest absolute Gasteiger partial charge is 0.465 e. The fourth-order valence-corrected chi connectivity index (χ4v) is 3.53. The summed E-state index contributed by atoms with van der Waals surface area (Å²) >= 11 is 1.63. The number of hydrogen-bond acceptors (Lipinski definition) is 4. The van der Waals surface area contributed by atoms with E-state index >= 15 is 0 Å². The van der Waals surface area contributed by atoms with Gasteiger partial charge in [0, 0.05) is 16.3 Å². The topological polar surface area (TPSA) is 55.4 Å². The summed E-state index contributed by atoms with van der Waals surface area (Å²) < 4.78 is 4.68. The van der Waals surface area contributed by atoms with Crippen LogP contribution in [0.25, 0.3) is 0 Å². The molecule has 5 heteroatoms. The second-order valence-corrected chi connectivity index (χ2v) is 6.81. The third-order valence-corrected chi connectivity index (χ3v) is 5.08. The van der Waals surface area contributed by atoms with Crippen LogP contribution in [-0.2, 0) is 10.5 Å². The van der Waals surface area contributed by atoms with Crippen LogP contribution in [0.3, 0.4) is 0 Å². The first-order valence-corrected chi connectivity index (χ1v) is 9.41. The number of hydrogen-bond donors (Lipinski definition) is 1. The molecule has 4 nitrogen and oxygen atoms in total. The summed E-state index contributed by atoms with van der Waals surface area (Å²) in [7, 11) is 1.34. The highest BCUT2D eigenvalue weighted by Gasteiger charge is 2.12. The number of ether oxygens (including phenoxy) is 1. The summed E-state index contributed by atoms with van der Waals surface area (Å²) in [5, 5.41) is 2.88. The van der Waals surface area contributed by atoms with Gasteiger partial charge >= 0.3 is 5.97 Å². The lowest BCUT2D eigenvalue weighted by molar-refractivity contribution is 0.0600. The molecule has 0 bridgehead atoms. The van der Waals surface area contributed by atoms with Crippen molar-refractivity contribution in [3.63, 3.8) is 0 Å². The van der Waals surface area contributed by atoms with Gasteiger partial charge in [0.25, 0.3) is 5.91 Å². The van der Waals surface area contributed by atoms with E-state index < -0.39 is 5.97 Å². The Morgan fingerprint density at radius 3 is 2.26 bits per heavy atom. The van der Waals surface area contributed by atoms with Crippen LogP contribution in [0, 0.1) is 0 Å². The summed E-state index contributed by atoms with van der Waals surface area (Å²) in [5.74, 6) is 0.200. The lowest BCUT2D eigenvalue weighted by atomic mass is 10.2. The minimum atomic E-state index is -0.407. The van der Waals surface area contributed by atoms with Gasteiger partial charge in [0.15, 0.2) is 0 Å². The minimum Gasteiger partial charge on any atom is -0.465 e. The standard InChI is InChI=1S/C22H19NO3S/c1-26-22(25)17-11-13-18(14-12-17)23-21(24)19-9-5-6-10-20(19)27-15-16-7-3-2-4-8-16/h2-14H,15H2,1H3,(H,23,24). The molecule has 0 aliphatic heterocycles. The molecule has 0 saturated carbocycles. The van der Waals surface area contributed by atoms with Crippen LogP contribution < -0.4 is 5.32 Å². The van der Waals surface area contributed by atoms with Gasteiger partial charge in [0.05, 0.1) is 18.2 Å². The van der Waals surface area contributed by atoms with E-state index in [9.17, 15) is 9.59 Å². The summed E-state index contributed by atoms with van der Waals surface area (Å²) in [6.45, 7) is 0. The maximum Gasteiger partial charge on any atom is 0.337 e. The number of benzene rings is 3. The molecule has 3 aromatic carbocycles. The molecule has 0 aromatic heterocycles. The molecular weight excluding hydrogens is 358 g/mol. The first-order valence-electron chi connectivity index (χ1n) is 8.43. The normalized spacial score (nSPS) is 10.3. The zero-order valence-electron chi connectivity index (χ0n) is 14.8. The van der Waals surface area contributed by atoms with Gasteiger partial charge in [-0.1, -0.05) is 42.5 Å². The van der Waals surface area contributed by atoms with Gasteiger partial charge in [-0.05, 0) is 42.0 Å². The second-order valence-electron chi connectivity index (χ2n) is 5.79. The fraction of sp³-hybridized carbons (Fsp3) is 0.0909. The Bertz CT molecular complexity index is 924. The highest BCUT2D eigenvalue weighted by molar-refractivity contribution is 7.98. The summed E-state index contributed by atoms with van der Waals surface area (Å²) in [6, 6.07) is 24.3. The van der Waals surface area contributed by atoms with Crippen LogP contribution in [0.4, 0.5) is 5.69 Å². The van der Waals surface area contributed by atoms with Crippen LogP contribution in [-0.4, -0.2) is 19.0 Å². The summed E-state index contributed by atoms with van der Waals surface area (Å²) in [6.07, 6.45) is 0. The zero-order chi connectivity index (χ0) is 19.1. The molecule has 0 spiro atoms. The van der Waals surface area contributed by atoms with E-state index in [1.165, 1.54) is 12.7 Å². The molecule has 1 amide bonds. The van der Waals surface area contributed by atoms with Crippen molar-refractivity contribution in [2.45, 2.75) is 10.6 Å². The molecule has 136 valence electrons. The summed E-state index contributed by atoms with van der Waals surface area (Å²) in [4.78, 5) is 25.1. The third kappa shape index (κ3) is 4.99. The van der Waals surface area contributed by atoms with Gasteiger partial charge < -0.3 is 10.1 Å². The molecule has 0 radical (unpaired) electrons. The number of rotatable bonds is 6. The Hall–Kier alpha value is -3.05. The lowest BCUT2D eigenvalue weighted by Gasteiger charge is -2.10. The maximum atomic E-state index is 12.7. The van der Waals surface area contributed by atoms with Crippen molar-refractivity contribution in [1.29, 1.82) is 0 Å². The van der Waals surface area contributed by atoms with Crippen LogP contribution in [0.5, 0.6) is 0 Å². The zero-order valence-corrected chi connectivity index (χ0v) is 15.7. The Morgan fingerprint density at radius 1 is 0.889 bits per heavy atom. The first kappa shape index (κ1) is 18.7. The smallest absolute Gasteiger partial charge is 0.337 e. The molecular formula is C22H19NO3S. The van der Waals surface area contributed by atoms with Crippen LogP contribution in [0.2, 0.25) is 0 Å². The van der Waals surface area contributed by atoms with Crippen molar-refractivity contribution in [3.05, 3.63) is 95.6 Å². The number of amides is 1. The molecule has 0 heterocycles. The number of methoxy groups -OCH3 is 1. The third-order valence-electron chi connectivity index (χ3n) is 3.93. The van der Waals surface area contributed by atoms with Crippen LogP contribution >= 0.6 is 11.8 Å². The molecule has 0 aliphatic carbocycles. The quantitative estimate of drug-likeness (QED) is 0.484. The number of nitrogens with one attached hydrogen (secondary N) is 1. The van der Waals surface area contributed by atoms with E-state index in [0.29, 0.717) is 16.8 Å². The van der Waals surface area contributed by atoms with Crippen molar-refractivity contribution in [1.82, 2.24) is 0 Å². The van der Waals surface area contributed by atoms with Gasteiger partial charge in [-0.15, -0.1) is 11.8 Å². The van der Waals surface area contributed by atoms with Crippen molar-refractivity contribution >= 4 is 29.3 Å². The molecule has 1 N–H and O–H groups in total. The van der Waals surface area contributed by atoms with Crippen molar-refractivity contribution in [2.75, 3.05) is 12.4 Å². The molecule has 3 aromatic rings. The Labute approximate surface area is 162 Å². The lowest BCUT2D eigenvalue weighted by Crippen LogP contribution is -2.13. The average molecular weight is 377 g/mol. The highest BCUT2D eigenvalue weighted by Crippen LogP contribution is 2.27. The predicted molar refractivity (Wildman–Crippen MR) is 108 cm³/mol. The molecule has 0 fully saturated rings. The van der Waals surface area contributed by atoms with Crippen molar-refractivity contribution in [2.24, 2.45) is 0 Å². The van der Waals surface area contributed by atoms with Gasteiger partial charge in [-0.25, -0.2) is 4.79 Å². The monoisotopic (exact) mass is 377 g/mol. The van der Waals surface area contributed by atoms with Crippen LogP contribution in [0.15, 0.2) is 83.8 Å². The molecule has 0 unspecified atom stereocenters. The van der Waals surface area contributed by atoms with E-state index in [1.807, 2.05) is 42.5 Å². The van der Waals surface area contributed by atoms with E-state index in [-0.39, 0.29) is 5.91 Å². The van der Waals surface area contributed by atoms with Gasteiger partial charge in [0.2, 0.25) is 0 Å². The molecule has 3 rings (SSSR count).